The van der Waals surface area contributed by atoms with Gasteiger partial charge in [0.25, 0.3) is 10.0 Å². The Kier molecular flexibility index (Phi) is 3.44. The Balaban J connectivity index is 2.42. The number of para-hydroxylation sites is 1. The van der Waals surface area contributed by atoms with Crippen molar-refractivity contribution in [1.82, 2.24) is 0 Å². The van der Waals surface area contributed by atoms with Crippen LogP contribution in [0.1, 0.15) is 5.56 Å². The average molecular weight is 280 g/mol. The van der Waals surface area contributed by atoms with E-state index in [2.05, 4.69) is 4.72 Å². The predicted molar refractivity (Wildman–Crippen MR) is 72.8 cm³/mol. The van der Waals surface area contributed by atoms with E-state index in [1.165, 1.54) is 18.2 Å². The molecule has 0 saturated heterocycles. The number of anilines is 2. The zero-order valence-corrected chi connectivity index (χ0v) is 11.0. The fourth-order valence-corrected chi connectivity index (χ4v) is 2.85. The summed E-state index contributed by atoms with van der Waals surface area (Å²) in [5.74, 6) is -0.611. The van der Waals surface area contributed by atoms with Gasteiger partial charge in [-0.2, -0.15) is 0 Å². The molecule has 2 aromatic carbocycles. The minimum Gasteiger partial charge on any atom is -0.397 e. The van der Waals surface area contributed by atoms with Gasteiger partial charge in [0.2, 0.25) is 0 Å². The Bertz CT molecular complexity index is 694. The van der Waals surface area contributed by atoms with E-state index in [1.54, 1.807) is 25.1 Å². The highest BCUT2D eigenvalue weighted by atomic mass is 32.2. The van der Waals surface area contributed by atoms with Gasteiger partial charge >= 0.3 is 0 Å². The summed E-state index contributed by atoms with van der Waals surface area (Å²) in [5, 5.41) is 0. The van der Waals surface area contributed by atoms with Gasteiger partial charge in [-0.15, -0.1) is 0 Å². The first-order valence-corrected chi connectivity index (χ1v) is 7.02. The highest BCUT2D eigenvalue weighted by Crippen LogP contribution is 2.25. The Morgan fingerprint density at radius 1 is 1.16 bits per heavy atom. The maximum absolute atomic E-state index is 13.1. The summed E-state index contributed by atoms with van der Waals surface area (Å²) in [6.45, 7) is 1.74. The number of nitrogen functional groups attached to an aromatic ring is 1. The lowest BCUT2D eigenvalue weighted by atomic mass is 10.2. The van der Waals surface area contributed by atoms with Crippen LogP contribution in [-0.4, -0.2) is 8.42 Å². The molecule has 0 aliphatic rings. The van der Waals surface area contributed by atoms with Crippen molar-refractivity contribution in [1.29, 1.82) is 0 Å². The van der Waals surface area contributed by atoms with Crippen LogP contribution in [0.25, 0.3) is 0 Å². The first kappa shape index (κ1) is 13.4. The number of benzene rings is 2. The van der Waals surface area contributed by atoms with Crippen molar-refractivity contribution in [3.05, 3.63) is 53.8 Å². The third-order valence-electron chi connectivity index (χ3n) is 2.65. The van der Waals surface area contributed by atoms with Gasteiger partial charge < -0.3 is 5.73 Å². The van der Waals surface area contributed by atoms with Crippen LogP contribution in [0.2, 0.25) is 0 Å². The summed E-state index contributed by atoms with van der Waals surface area (Å²) in [6, 6.07) is 9.85. The van der Waals surface area contributed by atoms with Crippen LogP contribution in [-0.2, 0) is 10.0 Å². The molecular formula is C13H13FN2O2S. The quantitative estimate of drug-likeness (QED) is 0.848. The minimum atomic E-state index is -3.85. The van der Waals surface area contributed by atoms with Crippen LogP contribution in [0.4, 0.5) is 15.8 Å². The SMILES string of the molecule is Cc1cccc(N)c1NS(=O)(=O)c1cccc(F)c1. The maximum Gasteiger partial charge on any atom is 0.262 e. The van der Waals surface area contributed by atoms with E-state index in [-0.39, 0.29) is 4.90 Å². The number of nitrogens with two attached hydrogens (primary N) is 1. The van der Waals surface area contributed by atoms with E-state index in [0.29, 0.717) is 16.9 Å². The van der Waals surface area contributed by atoms with Crippen LogP contribution in [0.5, 0.6) is 0 Å². The van der Waals surface area contributed by atoms with Gasteiger partial charge in [0.05, 0.1) is 16.3 Å². The molecule has 0 aliphatic carbocycles. The van der Waals surface area contributed by atoms with Crippen LogP contribution in [0, 0.1) is 12.7 Å². The van der Waals surface area contributed by atoms with Crippen LogP contribution in [0.15, 0.2) is 47.4 Å². The Hall–Kier alpha value is -2.08. The number of hydrogen-bond donors (Lipinski definition) is 2. The molecule has 0 aliphatic heterocycles. The second-order valence-corrected chi connectivity index (χ2v) is 5.78. The number of rotatable bonds is 3. The number of hydrogen-bond acceptors (Lipinski definition) is 3. The fraction of sp³-hybridized carbons (Fsp3) is 0.0769. The first-order valence-electron chi connectivity index (χ1n) is 5.53. The van der Waals surface area contributed by atoms with Crippen molar-refractivity contribution < 1.29 is 12.8 Å². The molecule has 4 nitrogen and oxygen atoms in total. The topological polar surface area (TPSA) is 72.2 Å². The number of aryl methyl sites for hydroxylation is 1. The van der Waals surface area contributed by atoms with Gasteiger partial charge in [0, 0.05) is 0 Å². The predicted octanol–water partition coefficient (Wildman–Crippen LogP) is 2.52. The van der Waals surface area contributed by atoms with E-state index in [0.717, 1.165) is 6.07 Å². The Morgan fingerprint density at radius 3 is 2.47 bits per heavy atom. The molecule has 0 radical (unpaired) electrons. The van der Waals surface area contributed by atoms with Crippen molar-refractivity contribution in [2.75, 3.05) is 10.5 Å². The molecule has 0 unspecified atom stereocenters. The standard InChI is InChI=1S/C13H13FN2O2S/c1-9-4-2-7-12(15)13(9)16-19(17,18)11-6-3-5-10(14)8-11/h2-8,16H,15H2,1H3. The third kappa shape index (κ3) is 2.85. The largest absolute Gasteiger partial charge is 0.397 e. The summed E-state index contributed by atoms with van der Waals surface area (Å²) in [5.41, 5.74) is 7.06. The molecule has 3 N–H and O–H groups in total. The second kappa shape index (κ2) is 4.89. The molecule has 19 heavy (non-hydrogen) atoms. The molecule has 2 rings (SSSR count). The molecule has 0 aromatic heterocycles. The van der Waals surface area contributed by atoms with Gasteiger partial charge in [-0.25, -0.2) is 12.8 Å². The normalized spacial score (nSPS) is 11.3. The number of sulfonamides is 1. The van der Waals surface area contributed by atoms with Gasteiger partial charge in [0.1, 0.15) is 5.82 Å². The summed E-state index contributed by atoms with van der Waals surface area (Å²) < 4.78 is 39.7. The smallest absolute Gasteiger partial charge is 0.262 e. The molecule has 100 valence electrons. The van der Waals surface area contributed by atoms with Crippen molar-refractivity contribution >= 4 is 21.4 Å². The zero-order valence-electron chi connectivity index (χ0n) is 10.2. The molecule has 0 amide bonds. The third-order valence-corrected chi connectivity index (χ3v) is 4.00. The van der Waals surface area contributed by atoms with E-state index in [4.69, 9.17) is 5.73 Å². The van der Waals surface area contributed by atoms with E-state index < -0.39 is 15.8 Å². The highest BCUT2D eigenvalue weighted by molar-refractivity contribution is 7.92. The highest BCUT2D eigenvalue weighted by Gasteiger charge is 2.17. The van der Waals surface area contributed by atoms with Crippen molar-refractivity contribution in [3.8, 4) is 0 Å². The number of nitrogens with one attached hydrogen (secondary N) is 1. The van der Waals surface area contributed by atoms with Crippen molar-refractivity contribution in [3.63, 3.8) is 0 Å². The van der Waals surface area contributed by atoms with Gasteiger partial charge in [0.15, 0.2) is 0 Å². The molecule has 0 spiro atoms. The van der Waals surface area contributed by atoms with E-state index >= 15 is 0 Å². The molecule has 0 atom stereocenters. The van der Waals surface area contributed by atoms with Crippen LogP contribution in [0.3, 0.4) is 0 Å². The lowest BCUT2D eigenvalue weighted by Crippen LogP contribution is -2.15. The average Bonchev–Trinajstić information content (AvgIpc) is 2.34. The van der Waals surface area contributed by atoms with Crippen molar-refractivity contribution in [2.45, 2.75) is 11.8 Å². The zero-order chi connectivity index (χ0) is 14.0. The first-order chi connectivity index (χ1) is 8.90. The lowest BCUT2D eigenvalue weighted by molar-refractivity contribution is 0.595. The molecular weight excluding hydrogens is 267 g/mol. The van der Waals surface area contributed by atoms with Crippen molar-refractivity contribution in [2.24, 2.45) is 0 Å². The van der Waals surface area contributed by atoms with Gasteiger partial charge in [-0.1, -0.05) is 18.2 Å². The van der Waals surface area contributed by atoms with Gasteiger partial charge in [-0.05, 0) is 36.8 Å². The molecule has 0 heterocycles. The fourth-order valence-electron chi connectivity index (χ4n) is 1.66. The molecule has 0 bridgehead atoms. The molecule has 0 fully saturated rings. The summed E-state index contributed by atoms with van der Waals surface area (Å²) in [6.07, 6.45) is 0. The minimum absolute atomic E-state index is 0.143. The van der Waals surface area contributed by atoms with Crippen LogP contribution < -0.4 is 10.5 Å². The summed E-state index contributed by atoms with van der Waals surface area (Å²) >= 11 is 0. The van der Waals surface area contributed by atoms with Crippen LogP contribution >= 0.6 is 0 Å². The summed E-state index contributed by atoms with van der Waals surface area (Å²) in [7, 11) is -3.85. The molecule has 6 heteroatoms. The van der Waals surface area contributed by atoms with E-state index in [9.17, 15) is 12.8 Å². The Morgan fingerprint density at radius 2 is 1.84 bits per heavy atom. The maximum atomic E-state index is 13.1. The molecule has 2 aromatic rings. The second-order valence-electron chi connectivity index (χ2n) is 4.10. The van der Waals surface area contributed by atoms with Gasteiger partial charge in [-0.3, -0.25) is 4.72 Å². The summed E-state index contributed by atoms with van der Waals surface area (Å²) in [4.78, 5) is -0.143. The lowest BCUT2D eigenvalue weighted by Gasteiger charge is -2.12. The number of halogens is 1. The van der Waals surface area contributed by atoms with E-state index in [1.807, 2.05) is 0 Å². The molecule has 0 saturated carbocycles. The Labute approximate surface area is 111 Å². The monoisotopic (exact) mass is 280 g/mol.